The van der Waals surface area contributed by atoms with Crippen LogP contribution in [0.4, 0.5) is 0 Å². The lowest BCUT2D eigenvalue weighted by Crippen LogP contribution is -2.48. The molecule has 0 aromatic rings. The van der Waals surface area contributed by atoms with Gasteiger partial charge in [-0.2, -0.15) is 0 Å². The summed E-state index contributed by atoms with van der Waals surface area (Å²) in [6.45, 7) is 3.83. The standard InChI is InChI=1S/C12H21NO4S/c14-18(15,12-8-17-9-12)13-4-1-11(7-13)10-2-5-16-6-3-10/h10-12H,1-9H2. The topological polar surface area (TPSA) is 55.8 Å². The van der Waals surface area contributed by atoms with Gasteiger partial charge in [-0.3, -0.25) is 0 Å². The van der Waals surface area contributed by atoms with Crippen LogP contribution in [-0.4, -0.2) is 57.5 Å². The lowest BCUT2D eigenvalue weighted by Gasteiger charge is -2.31. The van der Waals surface area contributed by atoms with Gasteiger partial charge in [-0.25, -0.2) is 12.7 Å². The second-order valence-corrected chi connectivity index (χ2v) is 7.77. The van der Waals surface area contributed by atoms with E-state index in [0.29, 0.717) is 38.1 Å². The van der Waals surface area contributed by atoms with Gasteiger partial charge < -0.3 is 9.47 Å². The first kappa shape index (κ1) is 12.8. The van der Waals surface area contributed by atoms with E-state index >= 15 is 0 Å². The van der Waals surface area contributed by atoms with Gasteiger partial charge in [0.2, 0.25) is 10.0 Å². The average molecular weight is 275 g/mol. The maximum absolute atomic E-state index is 12.3. The van der Waals surface area contributed by atoms with Gasteiger partial charge in [0, 0.05) is 26.3 Å². The van der Waals surface area contributed by atoms with Gasteiger partial charge in [0.05, 0.1) is 13.2 Å². The molecule has 3 saturated heterocycles. The molecule has 0 bridgehead atoms. The molecule has 0 aromatic heterocycles. The fourth-order valence-corrected chi connectivity index (χ4v) is 4.87. The van der Waals surface area contributed by atoms with Crippen LogP contribution in [0.15, 0.2) is 0 Å². The van der Waals surface area contributed by atoms with Crippen molar-refractivity contribution >= 4 is 10.0 Å². The predicted octanol–water partition coefficient (Wildman–Crippen LogP) is 0.463. The van der Waals surface area contributed by atoms with Crippen molar-refractivity contribution in [2.75, 3.05) is 39.5 Å². The van der Waals surface area contributed by atoms with Crippen LogP contribution in [0.1, 0.15) is 19.3 Å². The first-order chi connectivity index (χ1) is 8.68. The van der Waals surface area contributed by atoms with E-state index < -0.39 is 10.0 Å². The Morgan fingerprint density at radius 2 is 1.67 bits per heavy atom. The fourth-order valence-electron chi connectivity index (χ4n) is 3.15. The van der Waals surface area contributed by atoms with Crippen molar-refractivity contribution in [2.24, 2.45) is 11.8 Å². The van der Waals surface area contributed by atoms with Crippen LogP contribution in [0, 0.1) is 11.8 Å². The molecular weight excluding hydrogens is 254 g/mol. The Morgan fingerprint density at radius 1 is 0.944 bits per heavy atom. The highest BCUT2D eigenvalue weighted by molar-refractivity contribution is 7.89. The summed E-state index contributed by atoms with van der Waals surface area (Å²) in [5.41, 5.74) is 0. The van der Waals surface area contributed by atoms with Crippen LogP contribution in [0.3, 0.4) is 0 Å². The quantitative estimate of drug-likeness (QED) is 0.751. The molecule has 0 amide bonds. The third-order valence-corrected chi connectivity index (χ3v) is 6.67. The van der Waals surface area contributed by atoms with Crippen molar-refractivity contribution in [3.63, 3.8) is 0 Å². The minimum absolute atomic E-state index is 0.286. The van der Waals surface area contributed by atoms with Gasteiger partial charge in [-0.15, -0.1) is 0 Å². The van der Waals surface area contributed by atoms with Crippen LogP contribution >= 0.6 is 0 Å². The van der Waals surface area contributed by atoms with Crippen LogP contribution in [0.5, 0.6) is 0 Å². The second-order valence-electron chi connectivity index (χ2n) is 5.56. The number of nitrogens with zero attached hydrogens (tertiary/aromatic N) is 1. The van der Waals surface area contributed by atoms with Crippen molar-refractivity contribution in [2.45, 2.75) is 24.5 Å². The molecule has 3 heterocycles. The van der Waals surface area contributed by atoms with Crippen molar-refractivity contribution < 1.29 is 17.9 Å². The van der Waals surface area contributed by atoms with Crippen molar-refractivity contribution in [3.05, 3.63) is 0 Å². The van der Waals surface area contributed by atoms with E-state index in [1.165, 1.54) is 0 Å². The minimum Gasteiger partial charge on any atom is -0.381 e. The van der Waals surface area contributed by atoms with E-state index in [9.17, 15) is 8.42 Å². The van der Waals surface area contributed by atoms with Gasteiger partial charge >= 0.3 is 0 Å². The SMILES string of the molecule is O=S(=O)(C1COC1)N1CCC(C2CCOCC2)C1. The monoisotopic (exact) mass is 275 g/mol. The molecule has 1 unspecified atom stereocenters. The maximum atomic E-state index is 12.3. The van der Waals surface area contributed by atoms with E-state index in [0.717, 1.165) is 32.5 Å². The lowest BCUT2D eigenvalue weighted by molar-refractivity contribution is 0.0388. The molecule has 3 aliphatic heterocycles. The van der Waals surface area contributed by atoms with E-state index in [1.54, 1.807) is 4.31 Å². The summed E-state index contributed by atoms with van der Waals surface area (Å²) in [6.07, 6.45) is 3.19. The molecule has 6 heteroatoms. The summed E-state index contributed by atoms with van der Waals surface area (Å²) in [5, 5.41) is -0.286. The van der Waals surface area contributed by atoms with Gasteiger partial charge in [-0.1, -0.05) is 0 Å². The van der Waals surface area contributed by atoms with Crippen LogP contribution in [0.25, 0.3) is 0 Å². The largest absolute Gasteiger partial charge is 0.381 e. The number of hydrogen-bond donors (Lipinski definition) is 0. The van der Waals surface area contributed by atoms with E-state index in [4.69, 9.17) is 9.47 Å². The molecule has 1 atom stereocenters. The average Bonchev–Trinajstić information content (AvgIpc) is 2.77. The third kappa shape index (κ3) is 2.31. The molecular formula is C12H21NO4S. The van der Waals surface area contributed by atoms with E-state index in [-0.39, 0.29) is 5.25 Å². The zero-order valence-electron chi connectivity index (χ0n) is 10.6. The lowest BCUT2D eigenvalue weighted by atomic mass is 9.85. The van der Waals surface area contributed by atoms with Gasteiger partial charge in [0.1, 0.15) is 5.25 Å². The summed E-state index contributed by atoms with van der Waals surface area (Å²) < 4.78 is 36.6. The molecule has 3 fully saturated rings. The minimum atomic E-state index is -3.10. The molecule has 0 aliphatic carbocycles. The zero-order valence-corrected chi connectivity index (χ0v) is 11.4. The molecule has 3 rings (SSSR count). The van der Waals surface area contributed by atoms with Crippen molar-refractivity contribution in [3.8, 4) is 0 Å². The Hall–Kier alpha value is -0.170. The molecule has 104 valence electrons. The summed E-state index contributed by atoms with van der Waals surface area (Å²) in [5.74, 6) is 1.18. The number of rotatable bonds is 3. The van der Waals surface area contributed by atoms with Gasteiger partial charge in [0.25, 0.3) is 0 Å². The summed E-state index contributed by atoms with van der Waals surface area (Å²) >= 11 is 0. The van der Waals surface area contributed by atoms with E-state index in [2.05, 4.69) is 0 Å². The second kappa shape index (κ2) is 5.07. The van der Waals surface area contributed by atoms with Crippen LogP contribution in [0.2, 0.25) is 0 Å². The van der Waals surface area contributed by atoms with Gasteiger partial charge in [0.15, 0.2) is 0 Å². The fraction of sp³-hybridized carbons (Fsp3) is 1.00. The first-order valence-corrected chi connectivity index (χ1v) is 8.32. The number of sulfonamides is 1. The normalized spacial score (nSPS) is 32.6. The Labute approximate surface area is 108 Å². The van der Waals surface area contributed by atoms with Crippen LogP contribution in [-0.2, 0) is 19.5 Å². The Kier molecular flexibility index (Phi) is 3.62. The molecule has 0 saturated carbocycles. The zero-order chi connectivity index (χ0) is 12.6. The third-order valence-electron chi connectivity index (χ3n) is 4.51. The van der Waals surface area contributed by atoms with Crippen LogP contribution < -0.4 is 0 Å². The highest BCUT2D eigenvalue weighted by atomic mass is 32.2. The Bertz CT molecular complexity index is 387. The number of hydrogen-bond acceptors (Lipinski definition) is 4. The maximum Gasteiger partial charge on any atom is 0.221 e. The molecule has 18 heavy (non-hydrogen) atoms. The van der Waals surface area contributed by atoms with Crippen molar-refractivity contribution in [1.82, 2.24) is 4.31 Å². The predicted molar refractivity (Wildman–Crippen MR) is 66.7 cm³/mol. The highest BCUT2D eigenvalue weighted by Gasteiger charge is 2.42. The highest BCUT2D eigenvalue weighted by Crippen LogP contribution is 2.33. The summed E-state index contributed by atoms with van der Waals surface area (Å²) in [7, 11) is -3.10. The summed E-state index contributed by atoms with van der Waals surface area (Å²) in [6, 6.07) is 0. The van der Waals surface area contributed by atoms with E-state index in [1.807, 2.05) is 0 Å². The number of ether oxygens (including phenoxy) is 2. The smallest absolute Gasteiger partial charge is 0.221 e. The summed E-state index contributed by atoms with van der Waals surface area (Å²) in [4.78, 5) is 0. The molecule has 0 N–H and O–H groups in total. The Balaban J connectivity index is 1.60. The van der Waals surface area contributed by atoms with Crippen molar-refractivity contribution in [1.29, 1.82) is 0 Å². The molecule has 5 nitrogen and oxygen atoms in total. The van der Waals surface area contributed by atoms with Gasteiger partial charge in [-0.05, 0) is 31.1 Å². The molecule has 0 spiro atoms. The Morgan fingerprint density at radius 3 is 2.28 bits per heavy atom. The molecule has 3 aliphatic rings. The molecule has 0 radical (unpaired) electrons. The molecule has 0 aromatic carbocycles. The first-order valence-electron chi connectivity index (χ1n) is 6.82.